The lowest BCUT2D eigenvalue weighted by molar-refractivity contribution is 0.216. The van der Waals surface area contributed by atoms with E-state index in [4.69, 9.17) is 4.74 Å². The van der Waals surface area contributed by atoms with Crippen LogP contribution in [0.15, 0.2) is 29.1 Å². The maximum absolute atomic E-state index is 13.3. The molecule has 31 heavy (non-hydrogen) atoms. The molecule has 1 aromatic carbocycles. The summed E-state index contributed by atoms with van der Waals surface area (Å²) in [6, 6.07) is 7.79. The van der Waals surface area contributed by atoms with Crippen molar-refractivity contribution in [3.63, 3.8) is 0 Å². The molecule has 1 atom stereocenters. The number of ether oxygens (including phenoxy) is 1. The van der Waals surface area contributed by atoms with Gasteiger partial charge in [0.25, 0.3) is 5.56 Å². The van der Waals surface area contributed by atoms with Crippen molar-refractivity contribution in [2.75, 3.05) is 20.2 Å². The van der Waals surface area contributed by atoms with Crippen LogP contribution in [-0.4, -0.2) is 50.3 Å². The van der Waals surface area contributed by atoms with Crippen LogP contribution in [0.4, 0.5) is 0 Å². The van der Waals surface area contributed by atoms with Gasteiger partial charge >= 0.3 is 0 Å². The van der Waals surface area contributed by atoms with E-state index >= 15 is 0 Å². The van der Waals surface area contributed by atoms with Gasteiger partial charge in [0, 0.05) is 16.5 Å². The minimum Gasteiger partial charge on any atom is -0.497 e. The summed E-state index contributed by atoms with van der Waals surface area (Å²) in [6.45, 7) is 1.88. The normalized spacial score (nSPS) is 19.5. The van der Waals surface area contributed by atoms with Crippen LogP contribution in [0.5, 0.6) is 5.75 Å². The minimum absolute atomic E-state index is 0.0760. The number of likely N-dealkylation sites (tertiary alicyclic amines) is 1. The number of fused-ring (bicyclic) bond motifs is 1. The Morgan fingerprint density at radius 2 is 1.84 bits per heavy atom. The quantitative estimate of drug-likeness (QED) is 0.676. The summed E-state index contributed by atoms with van der Waals surface area (Å²) in [5.74, 6) is 1.56. The van der Waals surface area contributed by atoms with Crippen molar-refractivity contribution in [3.05, 3.63) is 46.0 Å². The zero-order valence-electron chi connectivity index (χ0n) is 18.1. The molecule has 1 saturated heterocycles. The minimum atomic E-state index is -0.256. The second-order valence-electron chi connectivity index (χ2n) is 8.78. The van der Waals surface area contributed by atoms with Gasteiger partial charge in [-0.15, -0.1) is 5.10 Å². The molecule has 1 aliphatic carbocycles. The second-order valence-corrected chi connectivity index (χ2v) is 8.78. The maximum Gasteiger partial charge on any atom is 0.253 e. The fourth-order valence-electron chi connectivity index (χ4n) is 5.17. The predicted octanol–water partition coefficient (Wildman–Crippen LogP) is 3.60. The first-order valence-corrected chi connectivity index (χ1v) is 11.5. The first kappa shape index (κ1) is 20.2. The standard InChI is InChI=1S/C23H30N6O2/c1-31-18-10-11-20-16(14-18)15-19(23(30)24-20)21(28-12-6-2-3-7-13-28)22-25-26-27-29(22)17-8-4-5-9-17/h10-11,14-15,17,21H,2-9,12-13H2,1H3,(H,24,30)/t21-/m1/s1. The first-order valence-electron chi connectivity index (χ1n) is 11.5. The zero-order valence-corrected chi connectivity index (χ0v) is 18.1. The molecule has 0 bridgehead atoms. The Bertz CT molecular complexity index is 1090. The highest BCUT2D eigenvalue weighted by Crippen LogP contribution is 2.34. The average molecular weight is 423 g/mol. The smallest absolute Gasteiger partial charge is 0.253 e. The molecule has 1 saturated carbocycles. The Morgan fingerprint density at radius 3 is 2.58 bits per heavy atom. The lowest BCUT2D eigenvalue weighted by atomic mass is 10.0. The number of aromatic amines is 1. The number of tetrazole rings is 1. The molecule has 8 heteroatoms. The summed E-state index contributed by atoms with van der Waals surface area (Å²) in [4.78, 5) is 18.8. The lowest BCUT2D eigenvalue weighted by Gasteiger charge is -2.30. The Balaban J connectivity index is 1.65. The topological polar surface area (TPSA) is 88.9 Å². The molecule has 0 unspecified atom stereocenters. The molecule has 5 rings (SSSR count). The Kier molecular flexibility index (Phi) is 5.72. The third-order valence-corrected chi connectivity index (χ3v) is 6.81. The molecule has 1 N–H and O–H groups in total. The van der Waals surface area contributed by atoms with Crippen molar-refractivity contribution in [3.8, 4) is 5.75 Å². The van der Waals surface area contributed by atoms with Crippen LogP contribution < -0.4 is 10.3 Å². The second kappa shape index (κ2) is 8.78. The molecule has 3 aromatic rings. The third-order valence-electron chi connectivity index (χ3n) is 6.81. The van der Waals surface area contributed by atoms with Crippen molar-refractivity contribution in [1.29, 1.82) is 0 Å². The summed E-state index contributed by atoms with van der Waals surface area (Å²) in [5.41, 5.74) is 1.43. The SMILES string of the molecule is COc1ccc2[nH]c(=O)c([C@H](c3nnnn3C3CCCC3)N3CCCCCC3)cc2c1. The van der Waals surface area contributed by atoms with E-state index < -0.39 is 0 Å². The van der Waals surface area contributed by atoms with Crippen LogP contribution >= 0.6 is 0 Å². The number of methoxy groups -OCH3 is 1. The summed E-state index contributed by atoms with van der Waals surface area (Å²) in [5, 5.41) is 13.9. The van der Waals surface area contributed by atoms with Gasteiger partial charge < -0.3 is 9.72 Å². The number of rotatable bonds is 5. The third kappa shape index (κ3) is 3.96. The fourth-order valence-corrected chi connectivity index (χ4v) is 5.17. The summed E-state index contributed by atoms with van der Waals surface area (Å²) < 4.78 is 7.40. The van der Waals surface area contributed by atoms with Crippen LogP contribution in [0.2, 0.25) is 0 Å². The highest BCUT2D eigenvalue weighted by Gasteiger charge is 2.33. The number of pyridine rings is 1. The number of hydrogen-bond donors (Lipinski definition) is 1. The highest BCUT2D eigenvalue weighted by molar-refractivity contribution is 5.80. The Hall–Kier alpha value is -2.74. The molecule has 164 valence electrons. The van der Waals surface area contributed by atoms with Crippen molar-refractivity contribution < 1.29 is 4.74 Å². The van der Waals surface area contributed by atoms with Crippen LogP contribution in [0.1, 0.15) is 74.8 Å². The summed E-state index contributed by atoms with van der Waals surface area (Å²) in [6.07, 6.45) is 9.29. The van der Waals surface area contributed by atoms with Crippen molar-refractivity contribution in [1.82, 2.24) is 30.1 Å². The van der Waals surface area contributed by atoms with E-state index in [0.717, 1.165) is 61.2 Å². The van der Waals surface area contributed by atoms with Crippen LogP contribution in [-0.2, 0) is 0 Å². The lowest BCUT2D eigenvalue weighted by Crippen LogP contribution is -2.36. The molecule has 0 spiro atoms. The molecule has 3 heterocycles. The van der Waals surface area contributed by atoms with Gasteiger partial charge in [-0.05, 0) is 73.5 Å². The number of benzene rings is 1. The number of H-pyrrole nitrogens is 1. The van der Waals surface area contributed by atoms with Gasteiger partial charge in [0.05, 0.1) is 13.2 Å². The number of aromatic nitrogens is 5. The molecule has 0 radical (unpaired) electrons. The number of nitrogens with zero attached hydrogens (tertiary/aromatic N) is 5. The van der Waals surface area contributed by atoms with Gasteiger partial charge in [-0.2, -0.15) is 0 Å². The average Bonchev–Trinajstić information content (AvgIpc) is 3.41. The van der Waals surface area contributed by atoms with Crippen molar-refractivity contribution in [2.24, 2.45) is 0 Å². The number of hydrogen-bond acceptors (Lipinski definition) is 6. The van der Waals surface area contributed by atoms with Crippen LogP contribution in [0.3, 0.4) is 0 Å². The van der Waals surface area contributed by atoms with Gasteiger partial charge in [0.2, 0.25) is 0 Å². The molecule has 0 amide bonds. The summed E-state index contributed by atoms with van der Waals surface area (Å²) >= 11 is 0. The molecule has 8 nitrogen and oxygen atoms in total. The van der Waals surface area contributed by atoms with E-state index in [1.807, 2.05) is 28.9 Å². The monoisotopic (exact) mass is 422 g/mol. The van der Waals surface area contributed by atoms with E-state index in [0.29, 0.717) is 11.6 Å². The van der Waals surface area contributed by atoms with Crippen LogP contribution in [0.25, 0.3) is 10.9 Å². The van der Waals surface area contributed by atoms with Crippen molar-refractivity contribution >= 4 is 10.9 Å². The zero-order chi connectivity index (χ0) is 21.2. The van der Waals surface area contributed by atoms with E-state index in [9.17, 15) is 4.79 Å². The summed E-state index contributed by atoms with van der Waals surface area (Å²) in [7, 11) is 1.66. The van der Waals surface area contributed by atoms with E-state index in [1.54, 1.807) is 7.11 Å². The van der Waals surface area contributed by atoms with E-state index in [-0.39, 0.29) is 11.6 Å². The Morgan fingerprint density at radius 1 is 1.06 bits per heavy atom. The first-order chi connectivity index (χ1) is 15.2. The molecular weight excluding hydrogens is 392 g/mol. The highest BCUT2D eigenvalue weighted by atomic mass is 16.5. The fraction of sp³-hybridized carbons (Fsp3) is 0.565. The molecular formula is C23H30N6O2. The predicted molar refractivity (Wildman–Crippen MR) is 118 cm³/mol. The molecule has 2 fully saturated rings. The Labute approximate surface area is 181 Å². The van der Waals surface area contributed by atoms with Gasteiger partial charge in [-0.3, -0.25) is 9.69 Å². The molecule has 1 aliphatic heterocycles. The number of nitrogens with one attached hydrogen (secondary N) is 1. The van der Waals surface area contributed by atoms with Gasteiger partial charge in [-0.1, -0.05) is 25.7 Å². The van der Waals surface area contributed by atoms with Gasteiger partial charge in [0.1, 0.15) is 11.8 Å². The van der Waals surface area contributed by atoms with Gasteiger partial charge in [-0.25, -0.2) is 4.68 Å². The van der Waals surface area contributed by atoms with Crippen molar-refractivity contribution in [2.45, 2.75) is 63.5 Å². The molecule has 2 aromatic heterocycles. The van der Waals surface area contributed by atoms with E-state index in [2.05, 4.69) is 25.4 Å². The largest absolute Gasteiger partial charge is 0.497 e. The van der Waals surface area contributed by atoms with Crippen LogP contribution in [0, 0.1) is 0 Å². The van der Waals surface area contributed by atoms with Gasteiger partial charge in [0.15, 0.2) is 5.82 Å². The van der Waals surface area contributed by atoms with E-state index in [1.165, 1.54) is 25.7 Å². The maximum atomic E-state index is 13.3. The molecule has 2 aliphatic rings.